The highest BCUT2D eigenvalue weighted by Gasteiger charge is 2.07. The predicted molar refractivity (Wildman–Crippen MR) is 89.6 cm³/mol. The summed E-state index contributed by atoms with van der Waals surface area (Å²) in [5.41, 5.74) is 3.58. The molecule has 0 radical (unpaired) electrons. The van der Waals surface area contributed by atoms with E-state index in [1.165, 1.54) is 5.54 Å². The van der Waals surface area contributed by atoms with Gasteiger partial charge in [0.1, 0.15) is 5.75 Å². The Morgan fingerprint density at radius 2 is 1.90 bits per heavy atom. The number of phenolic OH excluding ortho intramolecular Hbond substituents is 1. The van der Waals surface area contributed by atoms with Gasteiger partial charge in [0.05, 0.1) is 6.10 Å². The Morgan fingerprint density at radius 1 is 1.19 bits per heavy atom. The maximum atomic E-state index is 10.0. The van der Waals surface area contributed by atoms with Crippen molar-refractivity contribution >= 4 is 11.6 Å². The standard InChI is InChI=1S/C18H23ClO2/c1-2-3-4-5-6-7-18(21)13-16(14-19)12-15-8-10-17(20)11-9-15/h2,5-6,8-11,14,18,20-21H,1,3-4,7,12-13H2/b6-5-,16-14-. The lowest BCUT2D eigenvalue weighted by atomic mass is 10.00. The van der Waals surface area contributed by atoms with E-state index in [1.54, 1.807) is 12.1 Å². The molecule has 0 aromatic heterocycles. The first-order valence-corrected chi connectivity index (χ1v) is 7.59. The normalized spacial score (nSPS) is 13.5. The maximum absolute atomic E-state index is 10.0. The Morgan fingerprint density at radius 3 is 2.52 bits per heavy atom. The van der Waals surface area contributed by atoms with Crippen molar-refractivity contribution in [3.8, 4) is 5.75 Å². The van der Waals surface area contributed by atoms with Gasteiger partial charge in [-0.3, -0.25) is 0 Å². The zero-order chi connectivity index (χ0) is 15.5. The van der Waals surface area contributed by atoms with Gasteiger partial charge >= 0.3 is 0 Å². The molecular weight excluding hydrogens is 284 g/mol. The molecule has 3 heteroatoms. The molecule has 0 amide bonds. The summed E-state index contributed by atoms with van der Waals surface area (Å²) in [6, 6.07) is 7.02. The third-order valence-corrected chi connectivity index (χ3v) is 3.44. The Balaban J connectivity index is 2.41. The molecular formula is C18H23ClO2. The number of hydrogen-bond donors (Lipinski definition) is 2. The number of aromatic hydroxyl groups is 1. The van der Waals surface area contributed by atoms with E-state index < -0.39 is 6.10 Å². The molecule has 0 aliphatic heterocycles. The average Bonchev–Trinajstić information content (AvgIpc) is 2.48. The molecule has 2 N–H and O–H groups in total. The first-order valence-electron chi connectivity index (χ1n) is 7.15. The van der Waals surface area contributed by atoms with Gasteiger partial charge in [-0.25, -0.2) is 0 Å². The summed E-state index contributed by atoms with van der Waals surface area (Å²) < 4.78 is 0. The van der Waals surface area contributed by atoms with Crippen LogP contribution < -0.4 is 0 Å². The van der Waals surface area contributed by atoms with Crippen LogP contribution in [0.1, 0.15) is 31.2 Å². The van der Waals surface area contributed by atoms with E-state index in [4.69, 9.17) is 11.6 Å². The molecule has 21 heavy (non-hydrogen) atoms. The number of hydrogen-bond acceptors (Lipinski definition) is 2. The molecule has 1 aromatic carbocycles. The van der Waals surface area contributed by atoms with E-state index in [1.807, 2.05) is 24.3 Å². The summed E-state index contributed by atoms with van der Waals surface area (Å²) in [5, 5.41) is 19.3. The highest BCUT2D eigenvalue weighted by Crippen LogP contribution is 2.18. The van der Waals surface area contributed by atoms with Crippen molar-refractivity contribution in [1.82, 2.24) is 0 Å². The Labute approximate surface area is 132 Å². The number of aliphatic hydroxyl groups excluding tert-OH is 1. The second-order valence-electron chi connectivity index (χ2n) is 5.04. The number of rotatable bonds is 9. The summed E-state index contributed by atoms with van der Waals surface area (Å²) >= 11 is 5.84. The van der Waals surface area contributed by atoms with E-state index in [9.17, 15) is 10.2 Å². The molecule has 2 nitrogen and oxygen atoms in total. The number of allylic oxidation sites excluding steroid dienone is 2. The van der Waals surface area contributed by atoms with Crippen molar-refractivity contribution in [2.75, 3.05) is 0 Å². The molecule has 0 bridgehead atoms. The average molecular weight is 307 g/mol. The van der Waals surface area contributed by atoms with Crippen molar-refractivity contribution < 1.29 is 10.2 Å². The number of unbranched alkanes of at least 4 members (excludes halogenated alkanes) is 1. The number of halogens is 1. The highest BCUT2D eigenvalue weighted by atomic mass is 35.5. The molecule has 0 fully saturated rings. The number of phenols is 1. The third kappa shape index (κ3) is 7.74. The molecule has 1 atom stereocenters. The topological polar surface area (TPSA) is 40.5 Å². The maximum Gasteiger partial charge on any atom is 0.115 e. The quantitative estimate of drug-likeness (QED) is 0.512. The molecule has 0 aliphatic carbocycles. The van der Waals surface area contributed by atoms with Crippen molar-refractivity contribution in [3.63, 3.8) is 0 Å². The second-order valence-corrected chi connectivity index (χ2v) is 5.26. The summed E-state index contributed by atoms with van der Waals surface area (Å²) in [7, 11) is 0. The van der Waals surface area contributed by atoms with Crippen LogP contribution in [-0.4, -0.2) is 16.3 Å². The van der Waals surface area contributed by atoms with Crippen molar-refractivity contribution in [1.29, 1.82) is 0 Å². The van der Waals surface area contributed by atoms with Crippen LogP contribution in [0, 0.1) is 0 Å². The molecule has 0 spiro atoms. The molecule has 1 rings (SSSR count). The smallest absolute Gasteiger partial charge is 0.115 e. The van der Waals surface area contributed by atoms with Crippen molar-refractivity contribution in [2.24, 2.45) is 0 Å². The molecule has 0 saturated carbocycles. The molecule has 1 unspecified atom stereocenters. The van der Waals surface area contributed by atoms with Gasteiger partial charge in [0.2, 0.25) is 0 Å². The van der Waals surface area contributed by atoms with E-state index in [2.05, 4.69) is 12.7 Å². The van der Waals surface area contributed by atoms with E-state index in [0.29, 0.717) is 19.3 Å². The summed E-state index contributed by atoms with van der Waals surface area (Å²) in [6.07, 6.45) is 9.30. The van der Waals surface area contributed by atoms with E-state index in [0.717, 1.165) is 24.0 Å². The summed E-state index contributed by atoms with van der Waals surface area (Å²) in [6.45, 7) is 3.67. The molecule has 0 aliphatic rings. The van der Waals surface area contributed by atoms with Crippen LogP contribution in [0.5, 0.6) is 5.75 Å². The SMILES string of the molecule is C=CCC/C=C\CC(O)C/C(=C\Cl)Cc1ccc(O)cc1. The lowest BCUT2D eigenvalue weighted by molar-refractivity contribution is 0.177. The van der Waals surface area contributed by atoms with Gasteiger partial charge in [0.15, 0.2) is 0 Å². The summed E-state index contributed by atoms with van der Waals surface area (Å²) in [5.74, 6) is 0.250. The van der Waals surface area contributed by atoms with Gasteiger partial charge in [0.25, 0.3) is 0 Å². The molecule has 114 valence electrons. The van der Waals surface area contributed by atoms with Gasteiger partial charge in [0, 0.05) is 5.54 Å². The van der Waals surface area contributed by atoms with Crippen molar-refractivity contribution in [3.05, 3.63) is 65.7 Å². The van der Waals surface area contributed by atoms with Crippen LogP contribution in [0.25, 0.3) is 0 Å². The number of aliphatic hydroxyl groups is 1. The molecule has 0 heterocycles. The van der Waals surface area contributed by atoms with Crippen LogP contribution in [-0.2, 0) is 6.42 Å². The van der Waals surface area contributed by atoms with Gasteiger partial charge in [-0.2, -0.15) is 0 Å². The predicted octanol–water partition coefficient (Wildman–Crippen LogP) is 4.72. The Hall–Kier alpha value is -1.51. The van der Waals surface area contributed by atoms with Gasteiger partial charge in [-0.05, 0) is 49.8 Å². The third-order valence-electron chi connectivity index (χ3n) is 3.13. The largest absolute Gasteiger partial charge is 0.508 e. The first-order chi connectivity index (χ1) is 10.2. The van der Waals surface area contributed by atoms with E-state index in [-0.39, 0.29) is 5.75 Å². The monoisotopic (exact) mass is 306 g/mol. The van der Waals surface area contributed by atoms with Gasteiger partial charge < -0.3 is 10.2 Å². The Kier molecular flexibility index (Phi) is 8.56. The number of benzene rings is 1. The minimum Gasteiger partial charge on any atom is -0.508 e. The fraction of sp³-hybridized carbons (Fsp3) is 0.333. The zero-order valence-electron chi connectivity index (χ0n) is 12.2. The lowest BCUT2D eigenvalue weighted by Crippen LogP contribution is -2.07. The molecule has 1 aromatic rings. The van der Waals surface area contributed by atoms with Crippen molar-refractivity contribution in [2.45, 2.75) is 38.2 Å². The highest BCUT2D eigenvalue weighted by molar-refractivity contribution is 6.25. The second kappa shape index (κ2) is 10.3. The minimum absolute atomic E-state index is 0.250. The van der Waals surface area contributed by atoms with E-state index >= 15 is 0 Å². The van der Waals surface area contributed by atoms with Crippen LogP contribution in [0.2, 0.25) is 0 Å². The lowest BCUT2D eigenvalue weighted by Gasteiger charge is -2.11. The Bertz CT molecular complexity index is 474. The summed E-state index contributed by atoms with van der Waals surface area (Å²) in [4.78, 5) is 0. The fourth-order valence-corrected chi connectivity index (χ4v) is 2.17. The van der Waals surface area contributed by atoms with Gasteiger partial charge in [-0.1, -0.05) is 47.5 Å². The van der Waals surface area contributed by atoms with Crippen LogP contribution in [0.15, 0.2) is 60.2 Å². The molecule has 0 saturated heterocycles. The van der Waals surface area contributed by atoms with Crippen LogP contribution in [0.3, 0.4) is 0 Å². The minimum atomic E-state index is -0.424. The first kappa shape index (κ1) is 17.5. The van der Waals surface area contributed by atoms with Gasteiger partial charge in [-0.15, -0.1) is 6.58 Å². The zero-order valence-corrected chi connectivity index (χ0v) is 13.0. The van der Waals surface area contributed by atoms with Crippen LogP contribution in [0.4, 0.5) is 0 Å². The fourth-order valence-electron chi connectivity index (χ4n) is 2.00. The van der Waals surface area contributed by atoms with Crippen LogP contribution >= 0.6 is 11.6 Å².